The van der Waals surface area contributed by atoms with Crippen LogP contribution in [-0.2, 0) is 4.79 Å². The highest BCUT2D eigenvalue weighted by molar-refractivity contribution is 6.05. The van der Waals surface area contributed by atoms with E-state index in [1.54, 1.807) is 0 Å². The fourth-order valence-electron chi connectivity index (χ4n) is 1.82. The van der Waals surface area contributed by atoms with Crippen molar-refractivity contribution in [2.24, 2.45) is 0 Å². The Balaban J connectivity index is 2.17. The SMILES string of the molecule is CC(=O)Nc1cc(NC(=O)c2cc(C(C)=O)c[nH]2)ccc1F. The van der Waals surface area contributed by atoms with E-state index >= 15 is 0 Å². The van der Waals surface area contributed by atoms with Gasteiger partial charge in [0.25, 0.3) is 5.91 Å². The van der Waals surface area contributed by atoms with Gasteiger partial charge in [0.2, 0.25) is 5.91 Å². The second-order valence-corrected chi connectivity index (χ2v) is 4.69. The van der Waals surface area contributed by atoms with Crippen LogP contribution >= 0.6 is 0 Å². The van der Waals surface area contributed by atoms with Crippen molar-refractivity contribution < 1.29 is 18.8 Å². The van der Waals surface area contributed by atoms with E-state index in [2.05, 4.69) is 15.6 Å². The normalized spacial score (nSPS) is 10.1. The predicted molar refractivity (Wildman–Crippen MR) is 79.5 cm³/mol. The molecule has 2 aromatic rings. The monoisotopic (exact) mass is 303 g/mol. The van der Waals surface area contributed by atoms with Crippen molar-refractivity contribution in [3.63, 3.8) is 0 Å². The largest absolute Gasteiger partial charge is 0.356 e. The second kappa shape index (κ2) is 6.21. The summed E-state index contributed by atoms with van der Waals surface area (Å²) in [4.78, 5) is 36.9. The van der Waals surface area contributed by atoms with Gasteiger partial charge in [0.1, 0.15) is 11.5 Å². The zero-order valence-corrected chi connectivity index (χ0v) is 12.0. The van der Waals surface area contributed by atoms with Gasteiger partial charge in [-0.1, -0.05) is 0 Å². The summed E-state index contributed by atoms with van der Waals surface area (Å²) in [6.07, 6.45) is 1.44. The number of ketones is 1. The van der Waals surface area contributed by atoms with Gasteiger partial charge in [-0.25, -0.2) is 4.39 Å². The van der Waals surface area contributed by atoms with E-state index in [1.807, 2.05) is 0 Å². The fourth-order valence-corrected chi connectivity index (χ4v) is 1.82. The number of rotatable bonds is 4. The summed E-state index contributed by atoms with van der Waals surface area (Å²) >= 11 is 0. The van der Waals surface area contributed by atoms with E-state index in [0.717, 1.165) is 6.07 Å². The van der Waals surface area contributed by atoms with Crippen LogP contribution in [0.3, 0.4) is 0 Å². The summed E-state index contributed by atoms with van der Waals surface area (Å²) in [5, 5.41) is 4.88. The van der Waals surface area contributed by atoms with Crippen LogP contribution in [0.2, 0.25) is 0 Å². The summed E-state index contributed by atoms with van der Waals surface area (Å²) in [6, 6.07) is 5.24. The van der Waals surface area contributed by atoms with Crippen molar-refractivity contribution in [1.29, 1.82) is 0 Å². The van der Waals surface area contributed by atoms with E-state index in [9.17, 15) is 18.8 Å². The van der Waals surface area contributed by atoms with Crippen molar-refractivity contribution >= 4 is 29.0 Å². The van der Waals surface area contributed by atoms with Crippen LogP contribution < -0.4 is 10.6 Å². The van der Waals surface area contributed by atoms with Gasteiger partial charge in [-0.05, 0) is 31.2 Å². The maximum atomic E-state index is 13.5. The first-order valence-electron chi connectivity index (χ1n) is 6.44. The summed E-state index contributed by atoms with van der Waals surface area (Å²) in [7, 11) is 0. The zero-order chi connectivity index (χ0) is 16.3. The minimum atomic E-state index is -0.605. The van der Waals surface area contributed by atoms with Crippen molar-refractivity contribution in [2.75, 3.05) is 10.6 Å². The minimum Gasteiger partial charge on any atom is -0.356 e. The highest BCUT2D eigenvalue weighted by atomic mass is 19.1. The molecule has 0 aliphatic rings. The first kappa shape index (κ1) is 15.4. The number of carbonyl (C=O) groups excluding carboxylic acids is 3. The molecule has 1 aromatic heterocycles. The number of hydrogen-bond donors (Lipinski definition) is 3. The van der Waals surface area contributed by atoms with Crippen molar-refractivity contribution in [3.05, 3.63) is 47.5 Å². The molecule has 0 saturated heterocycles. The highest BCUT2D eigenvalue weighted by Crippen LogP contribution is 2.20. The Morgan fingerprint density at radius 2 is 1.82 bits per heavy atom. The molecule has 2 rings (SSSR count). The maximum Gasteiger partial charge on any atom is 0.272 e. The number of hydrogen-bond acceptors (Lipinski definition) is 3. The van der Waals surface area contributed by atoms with Gasteiger partial charge in [0, 0.05) is 24.4 Å². The molecule has 0 fully saturated rings. The van der Waals surface area contributed by atoms with E-state index in [4.69, 9.17) is 0 Å². The summed E-state index contributed by atoms with van der Waals surface area (Å²) in [5.74, 6) is -1.66. The van der Waals surface area contributed by atoms with Crippen LogP contribution in [0.25, 0.3) is 0 Å². The number of amides is 2. The molecule has 7 heteroatoms. The standard InChI is InChI=1S/C15H14FN3O3/c1-8(20)10-5-14(17-7-10)15(22)19-11-3-4-12(16)13(6-11)18-9(2)21/h3-7,17H,1-2H3,(H,18,21)(H,19,22). The topological polar surface area (TPSA) is 91.1 Å². The second-order valence-electron chi connectivity index (χ2n) is 4.69. The van der Waals surface area contributed by atoms with Crippen LogP contribution in [0.15, 0.2) is 30.5 Å². The first-order valence-corrected chi connectivity index (χ1v) is 6.44. The number of aromatic amines is 1. The van der Waals surface area contributed by atoms with E-state index in [1.165, 1.54) is 38.2 Å². The van der Waals surface area contributed by atoms with Gasteiger partial charge in [-0.3, -0.25) is 14.4 Å². The molecule has 2 amide bonds. The van der Waals surface area contributed by atoms with Crippen LogP contribution in [0.4, 0.5) is 15.8 Å². The Morgan fingerprint density at radius 3 is 2.41 bits per heavy atom. The van der Waals surface area contributed by atoms with E-state index in [-0.39, 0.29) is 17.2 Å². The molecule has 114 valence electrons. The molecule has 0 aliphatic carbocycles. The molecule has 1 aromatic carbocycles. The predicted octanol–water partition coefficient (Wildman–Crippen LogP) is 2.57. The summed E-state index contributed by atoms with van der Waals surface area (Å²) in [6.45, 7) is 2.65. The van der Waals surface area contributed by atoms with Crippen molar-refractivity contribution in [1.82, 2.24) is 4.98 Å². The first-order chi connectivity index (χ1) is 10.4. The van der Waals surface area contributed by atoms with Gasteiger partial charge in [-0.15, -0.1) is 0 Å². The van der Waals surface area contributed by atoms with Crippen LogP contribution in [0, 0.1) is 5.82 Å². The third kappa shape index (κ3) is 3.57. The quantitative estimate of drug-likeness (QED) is 0.758. The van der Waals surface area contributed by atoms with Gasteiger partial charge >= 0.3 is 0 Å². The molecule has 1 heterocycles. The number of aromatic nitrogens is 1. The summed E-state index contributed by atoms with van der Waals surface area (Å²) in [5.41, 5.74) is 0.883. The molecule has 0 saturated carbocycles. The molecule has 0 unspecified atom stereocenters. The molecule has 0 aliphatic heterocycles. The van der Waals surface area contributed by atoms with Crippen LogP contribution in [0.1, 0.15) is 34.7 Å². The zero-order valence-electron chi connectivity index (χ0n) is 12.0. The van der Waals surface area contributed by atoms with E-state index < -0.39 is 17.6 Å². The molecule has 0 atom stereocenters. The lowest BCUT2D eigenvalue weighted by molar-refractivity contribution is -0.114. The number of halogens is 1. The number of nitrogens with one attached hydrogen (secondary N) is 3. The van der Waals surface area contributed by atoms with Gasteiger partial charge in [0.05, 0.1) is 5.69 Å². The average Bonchev–Trinajstić information content (AvgIpc) is 2.92. The Labute approximate surface area is 125 Å². The van der Waals surface area contributed by atoms with Gasteiger partial charge < -0.3 is 15.6 Å². The number of H-pyrrole nitrogens is 1. The third-order valence-corrected chi connectivity index (χ3v) is 2.87. The molecular weight excluding hydrogens is 289 g/mol. The molecule has 3 N–H and O–H groups in total. The van der Waals surface area contributed by atoms with Crippen molar-refractivity contribution in [3.8, 4) is 0 Å². The molecular formula is C15H14FN3O3. The van der Waals surface area contributed by atoms with Crippen molar-refractivity contribution in [2.45, 2.75) is 13.8 Å². The molecule has 22 heavy (non-hydrogen) atoms. The molecule has 0 radical (unpaired) electrons. The Kier molecular flexibility index (Phi) is 4.36. The van der Waals surface area contributed by atoms with Crippen LogP contribution in [-0.4, -0.2) is 22.6 Å². The number of Topliss-reactive ketones (excluding diaryl/α,β-unsaturated/α-hetero) is 1. The average molecular weight is 303 g/mol. The molecule has 0 spiro atoms. The van der Waals surface area contributed by atoms with Crippen LogP contribution in [0.5, 0.6) is 0 Å². The third-order valence-electron chi connectivity index (χ3n) is 2.87. The minimum absolute atomic E-state index is 0.0267. The van der Waals surface area contributed by atoms with Gasteiger partial charge in [-0.2, -0.15) is 0 Å². The lowest BCUT2D eigenvalue weighted by Crippen LogP contribution is -2.13. The Hall–Kier alpha value is -2.96. The number of anilines is 2. The molecule has 0 bridgehead atoms. The Bertz CT molecular complexity index is 752. The lowest BCUT2D eigenvalue weighted by Gasteiger charge is -2.08. The Morgan fingerprint density at radius 1 is 1.09 bits per heavy atom. The highest BCUT2D eigenvalue weighted by Gasteiger charge is 2.12. The summed E-state index contributed by atoms with van der Waals surface area (Å²) < 4.78 is 13.5. The number of carbonyl (C=O) groups is 3. The van der Waals surface area contributed by atoms with E-state index in [0.29, 0.717) is 11.3 Å². The molecule has 6 nitrogen and oxygen atoms in total. The maximum absolute atomic E-state index is 13.5. The number of benzene rings is 1. The van der Waals surface area contributed by atoms with Gasteiger partial charge in [0.15, 0.2) is 5.78 Å². The smallest absolute Gasteiger partial charge is 0.272 e. The fraction of sp³-hybridized carbons (Fsp3) is 0.133. The lowest BCUT2D eigenvalue weighted by atomic mass is 10.2.